The van der Waals surface area contributed by atoms with Crippen LogP contribution in [0.1, 0.15) is 39.5 Å². The maximum atomic E-state index is 12.3. The van der Waals surface area contributed by atoms with Gasteiger partial charge in [-0.3, -0.25) is 19.2 Å². The number of nitrogens with one attached hydrogen (secondary N) is 2. The first-order valence-corrected chi connectivity index (χ1v) is 8.09. The number of carbonyl (C=O) groups excluding carboxylic acids is 4. The van der Waals surface area contributed by atoms with E-state index < -0.39 is 54.1 Å². The molecule has 0 aromatic heterocycles. The topological polar surface area (TPSA) is 208 Å². The van der Waals surface area contributed by atoms with E-state index in [1.807, 2.05) is 0 Å². The van der Waals surface area contributed by atoms with Crippen LogP contribution in [0.4, 0.5) is 0 Å². The molecular weight excluding hydrogens is 346 g/mol. The molecule has 0 spiro atoms. The fraction of sp³-hybridized carbons (Fsp3) is 0.667. The van der Waals surface area contributed by atoms with Gasteiger partial charge in [0.25, 0.3) is 0 Å². The molecule has 11 nitrogen and oxygen atoms in total. The lowest BCUT2D eigenvalue weighted by atomic mass is 10.0. The van der Waals surface area contributed by atoms with Crippen molar-refractivity contribution < 1.29 is 29.1 Å². The maximum Gasteiger partial charge on any atom is 0.326 e. The molecule has 148 valence electrons. The molecule has 26 heavy (non-hydrogen) atoms. The Labute approximate surface area is 151 Å². The SMILES string of the molecule is CC(C)C[C@H](NC(=O)[C@@H](N)CCC(N)=O)C(=O)N[C@@H](CC(N)=O)C(=O)O. The molecule has 9 N–H and O–H groups in total. The van der Waals surface area contributed by atoms with E-state index in [1.54, 1.807) is 13.8 Å². The molecular formula is C15H27N5O6. The van der Waals surface area contributed by atoms with Gasteiger partial charge in [-0.05, 0) is 18.8 Å². The Morgan fingerprint density at radius 3 is 1.88 bits per heavy atom. The molecule has 3 atom stereocenters. The standard InChI is InChI=1S/C15H27N5O6/c1-7(2)5-9(19-13(23)8(16)3-4-11(17)21)14(24)20-10(15(25)26)6-12(18)22/h7-10H,3-6,16H2,1-2H3,(H2,17,21)(H2,18,22)(H,19,23)(H,20,24)(H,25,26)/t8-,9-,10-/m0/s1. The number of rotatable bonds is 12. The molecule has 0 saturated heterocycles. The van der Waals surface area contributed by atoms with E-state index in [0.29, 0.717) is 0 Å². The number of carboxylic acid groups (broad SMARTS) is 1. The highest BCUT2D eigenvalue weighted by molar-refractivity contribution is 5.93. The van der Waals surface area contributed by atoms with E-state index in [4.69, 9.17) is 22.3 Å². The van der Waals surface area contributed by atoms with Crippen molar-refractivity contribution >= 4 is 29.6 Å². The average molecular weight is 373 g/mol. The highest BCUT2D eigenvalue weighted by Crippen LogP contribution is 2.07. The van der Waals surface area contributed by atoms with Crippen LogP contribution in [0.3, 0.4) is 0 Å². The Balaban J connectivity index is 5.02. The van der Waals surface area contributed by atoms with Crippen molar-refractivity contribution in [2.45, 2.75) is 57.7 Å². The predicted molar refractivity (Wildman–Crippen MR) is 91.2 cm³/mol. The molecule has 0 heterocycles. The predicted octanol–water partition coefficient (Wildman–Crippen LogP) is -2.45. The number of aliphatic carboxylic acids is 1. The largest absolute Gasteiger partial charge is 0.480 e. The van der Waals surface area contributed by atoms with Gasteiger partial charge in [-0.15, -0.1) is 0 Å². The van der Waals surface area contributed by atoms with Gasteiger partial charge in [-0.25, -0.2) is 4.79 Å². The van der Waals surface area contributed by atoms with Crippen LogP contribution in [0.5, 0.6) is 0 Å². The summed E-state index contributed by atoms with van der Waals surface area (Å²) in [4.78, 5) is 57.2. The third-order valence-electron chi connectivity index (χ3n) is 3.40. The molecule has 4 amide bonds. The van der Waals surface area contributed by atoms with Gasteiger partial charge in [0.15, 0.2) is 0 Å². The molecule has 0 aliphatic rings. The minimum absolute atomic E-state index is 0.00712. The maximum absolute atomic E-state index is 12.3. The second-order valence-electron chi connectivity index (χ2n) is 6.37. The second-order valence-corrected chi connectivity index (χ2v) is 6.37. The van der Waals surface area contributed by atoms with E-state index in [0.717, 1.165) is 0 Å². The molecule has 0 radical (unpaired) electrons. The monoisotopic (exact) mass is 373 g/mol. The summed E-state index contributed by atoms with van der Waals surface area (Å²) < 4.78 is 0. The molecule has 0 unspecified atom stereocenters. The lowest BCUT2D eigenvalue weighted by molar-refractivity contribution is -0.143. The van der Waals surface area contributed by atoms with E-state index in [2.05, 4.69) is 10.6 Å². The highest BCUT2D eigenvalue weighted by atomic mass is 16.4. The first-order valence-electron chi connectivity index (χ1n) is 8.09. The summed E-state index contributed by atoms with van der Waals surface area (Å²) in [6.07, 6.45) is -0.448. The summed E-state index contributed by atoms with van der Waals surface area (Å²) in [5.41, 5.74) is 15.6. The van der Waals surface area contributed by atoms with Crippen LogP contribution in [0.15, 0.2) is 0 Å². The van der Waals surface area contributed by atoms with Gasteiger partial charge >= 0.3 is 5.97 Å². The van der Waals surface area contributed by atoms with Crippen molar-refractivity contribution in [1.29, 1.82) is 0 Å². The number of hydrogen-bond donors (Lipinski definition) is 6. The molecule has 11 heteroatoms. The van der Waals surface area contributed by atoms with Gasteiger partial charge < -0.3 is 32.9 Å². The number of carboxylic acids is 1. The van der Waals surface area contributed by atoms with Gasteiger partial charge in [0.1, 0.15) is 12.1 Å². The van der Waals surface area contributed by atoms with E-state index in [1.165, 1.54) is 0 Å². The Bertz CT molecular complexity index is 551. The first-order chi connectivity index (χ1) is 11.9. The van der Waals surface area contributed by atoms with Crippen LogP contribution in [-0.4, -0.2) is 52.8 Å². The third kappa shape index (κ3) is 9.57. The zero-order valence-electron chi connectivity index (χ0n) is 14.9. The molecule has 0 aromatic carbocycles. The zero-order valence-corrected chi connectivity index (χ0v) is 14.9. The van der Waals surface area contributed by atoms with Crippen LogP contribution in [0.25, 0.3) is 0 Å². The second kappa shape index (κ2) is 11.0. The summed E-state index contributed by atoms with van der Waals surface area (Å²) >= 11 is 0. The molecule has 0 aliphatic carbocycles. The van der Waals surface area contributed by atoms with Gasteiger partial charge in [0, 0.05) is 6.42 Å². The van der Waals surface area contributed by atoms with Crippen LogP contribution in [0.2, 0.25) is 0 Å². The van der Waals surface area contributed by atoms with Gasteiger partial charge in [-0.2, -0.15) is 0 Å². The van der Waals surface area contributed by atoms with E-state index >= 15 is 0 Å². The summed E-state index contributed by atoms with van der Waals surface area (Å²) in [6.45, 7) is 3.61. The van der Waals surface area contributed by atoms with Crippen LogP contribution >= 0.6 is 0 Å². The molecule has 0 saturated carbocycles. The molecule has 0 bridgehead atoms. The number of hydrogen-bond acceptors (Lipinski definition) is 6. The van der Waals surface area contributed by atoms with E-state index in [-0.39, 0.29) is 25.2 Å². The Morgan fingerprint density at radius 2 is 1.46 bits per heavy atom. The third-order valence-corrected chi connectivity index (χ3v) is 3.40. The highest BCUT2D eigenvalue weighted by Gasteiger charge is 2.29. The lowest BCUT2D eigenvalue weighted by Crippen LogP contribution is -2.55. The Hall–Kier alpha value is -2.69. The number of primary amides is 2. The average Bonchev–Trinajstić information content (AvgIpc) is 2.49. The summed E-state index contributed by atoms with van der Waals surface area (Å²) in [5, 5.41) is 13.7. The number of nitrogens with two attached hydrogens (primary N) is 3. The first kappa shape index (κ1) is 23.3. The van der Waals surface area contributed by atoms with E-state index in [9.17, 15) is 24.0 Å². The van der Waals surface area contributed by atoms with Gasteiger partial charge in [-0.1, -0.05) is 13.8 Å². The van der Waals surface area contributed by atoms with Crippen LogP contribution < -0.4 is 27.8 Å². The molecule has 0 fully saturated rings. The van der Waals surface area contributed by atoms with Gasteiger partial charge in [0.2, 0.25) is 23.6 Å². The minimum atomic E-state index is -1.50. The Morgan fingerprint density at radius 1 is 0.923 bits per heavy atom. The number of amides is 4. The van der Waals surface area contributed by atoms with Crippen LogP contribution in [0, 0.1) is 5.92 Å². The lowest BCUT2D eigenvalue weighted by Gasteiger charge is -2.23. The fourth-order valence-corrected chi connectivity index (χ4v) is 2.08. The molecule has 0 aromatic rings. The molecule has 0 aliphatic heterocycles. The quantitative estimate of drug-likeness (QED) is 0.217. The Kier molecular flexibility index (Phi) is 9.89. The van der Waals surface area contributed by atoms with Crippen molar-refractivity contribution in [3.05, 3.63) is 0 Å². The smallest absolute Gasteiger partial charge is 0.326 e. The fourth-order valence-electron chi connectivity index (χ4n) is 2.08. The van der Waals surface area contributed by atoms with Crippen molar-refractivity contribution in [2.75, 3.05) is 0 Å². The minimum Gasteiger partial charge on any atom is -0.480 e. The van der Waals surface area contributed by atoms with Gasteiger partial charge in [0.05, 0.1) is 12.5 Å². The summed E-state index contributed by atoms with van der Waals surface area (Å²) in [6, 6.07) is -3.61. The van der Waals surface area contributed by atoms with Crippen molar-refractivity contribution in [2.24, 2.45) is 23.1 Å². The van der Waals surface area contributed by atoms with Crippen molar-refractivity contribution in [3.63, 3.8) is 0 Å². The zero-order chi connectivity index (χ0) is 20.4. The summed E-state index contributed by atoms with van der Waals surface area (Å²) in [7, 11) is 0. The van der Waals surface area contributed by atoms with Crippen molar-refractivity contribution in [1.82, 2.24) is 10.6 Å². The van der Waals surface area contributed by atoms with Crippen molar-refractivity contribution in [3.8, 4) is 0 Å². The van der Waals surface area contributed by atoms with Crippen LogP contribution in [-0.2, 0) is 24.0 Å². The molecule has 0 rings (SSSR count). The summed E-state index contributed by atoms with van der Waals surface area (Å²) in [5.74, 6) is -4.38. The number of carbonyl (C=O) groups is 5. The normalized spacial score (nSPS) is 14.2.